The molecule has 0 aliphatic heterocycles. The van der Waals surface area contributed by atoms with Crippen LogP contribution < -0.4 is 17.2 Å². The second-order valence-corrected chi connectivity index (χ2v) is 2.31. The number of nitrogens with two attached hydrogens (primary N) is 3. The third-order valence-corrected chi connectivity index (χ3v) is 1.57. The lowest BCUT2D eigenvalue weighted by molar-refractivity contribution is 0.976. The number of anilines is 2. The van der Waals surface area contributed by atoms with Gasteiger partial charge in [-0.3, -0.25) is 0 Å². The van der Waals surface area contributed by atoms with Crippen LogP contribution in [0.25, 0.3) is 0 Å². The molecular weight excluding hydrogens is 166 g/mol. The number of halogens is 1. The Morgan fingerprint density at radius 2 is 1.91 bits per heavy atom. The van der Waals surface area contributed by atoms with Gasteiger partial charge in [-0.2, -0.15) is 4.98 Å². The van der Waals surface area contributed by atoms with Crippen LogP contribution in [0.5, 0.6) is 0 Å². The maximum Gasteiger partial charge on any atom is 0.222 e. The molecule has 0 fully saturated rings. The van der Waals surface area contributed by atoms with E-state index in [0.29, 0.717) is 5.69 Å². The largest absolute Gasteiger partial charge is 0.382 e. The Morgan fingerprint density at radius 1 is 1.27 bits per heavy atom. The van der Waals surface area contributed by atoms with Crippen molar-refractivity contribution in [3.05, 3.63) is 10.7 Å². The van der Waals surface area contributed by atoms with Crippen molar-refractivity contribution in [2.45, 2.75) is 6.54 Å². The zero-order valence-electron chi connectivity index (χ0n) is 5.71. The van der Waals surface area contributed by atoms with E-state index in [1.54, 1.807) is 0 Å². The van der Waals surface area contributed by atoms with E-state index in [0.717, 1.165) is 0 Å². The fraction of sp³-hybridized carbons (Fsp3) is 0.200. The molecule has 0 amide bonds. The van der Waals surface area contributed by atoms with Gasteiger partial charge < -0.3 is 17.2 Å². The van der Waals surface area contributed by atoms with Crippen molar-refractivity contribution in [2.75, 3.05) is 11.5 Å². The molecule has 0 bridgehead atoms. The standard InChI is InChI=1S/C5H8ClN5/c6-3-2(1-7)10-5(9)11-4(3)8/h1,7H2,(H4,8,9,10,11). The van der Waals surface area contributed by atoms with Crippen LogP contribution in [0.15, 0.2) is 0 Å². The van der Waals surface area contributed by atoms with Crippen molar-refractivity contribution in [2.24, 2.45) is 5.73 Å². The molecule has 6 heteroatoms. The fourth-order valence-electron chi connectivity index (χ4n) is 0.668. The average Bonchev–Trinajstić information content (AvgIpc) is 1.96. The highest BCUT2D eigenvalue weighted by molar-refractivity contribution is 6.33. The first-order valence-corrected chi connectivity index (χ1v) is 3.30. The lowest BCUT2D eigenvalue weighted by Crippen LogP contribution is -2.07. The number of nitrogens with zero attached hydrogens (tertiary/aromatic N) is 2. The molecule has 0 aromatic carbocycles. The van der Waals surface area contributed by atoms with Crippen molar-refractivity contribution >= 4 is 23.4 Å². The molecule has 0 spiro atoms. The molecule has 0 unspecified atom stereocenters. The maximum atomic E-state index is 5.68. The summed E-state index contributed by atoms with van der Waals surface area (Å²) in [6.45, 7) is 0.204. The normalized spacial score (nSPS) is 10.0. The highest BCUT2D eigenvalue weighted by Crippen LogP contribution is 2.19. The summed E-state index contributed by atoms with van der Waals surface area (Å²) in [6.07, 6.45) is 0. The summed E-state index contributed by atoms with van der Waals surface area (Å²) >= 11 is 5.68. The summed E-state index contributed by atoms with van der Waals surface area (Å²) < 4.78 is 0. The van der Waals surface area contributed by atoms with Gasteiger partial charge >= 0.3 is 0 Å². The van der Waals surface area contributed by atoms with E-state index in [2.05, 4.69) is 9.97 Å². The van der Waals surface area contributed by atoms with Gasteiger partial charge in [0.25, 0.3) is 0 Å². The molecule has 0 atom stereocenters. The Hall–Kier alpha value is -1.07. The highest BCUT2D eigenvalue weighted by atomic mass is 35.5. The van der Waals surface area contributed by atoms with Crippen LogP contribution >= 0.6 is 11.6 Å². The Kier molecular flexibility index (Phi) is 2.11. The minimum Gasteiger partial charge on any atom is -0.382 e. The topological polar surface area (TPSA) is 104 Å². The lowest BCUT2D eigenvalue weighted by atomic mass is 10.4. The Morgan fingerprint density at radius 3 is 2.45 bits per heavy atom. The van der Waals surface area contributed by atoms with E-state index < -0.39 is 0 Å². The third-order valence-electron chi connectivity index (χ3n) is 1.16. The molecule has 0 saturated carbocycles. The third kappa shape index (κ3) is 1.50. The Labute approximate surface area is 68.6 Å². The predicted octanol–water partition coefficient (Wildman–Crippen LogP) is -0.247. The van der Waals surface area contributed by atoms with Crippen molar-refractivity contribution in [3.63, 3.8) is 0 Å². The van der Waals surface area contributed by atoms with Crippen molar-refractivity contribution in [1.82, 2.24) is 9.97 Å². The van der Waals surface area contributed by atoms with Gasteiger partial charge in [0.15, 0.2) is 0 Å². The molecule has 60 valence electrons. The fourth-order valence-corrected chi connectivity index (χ4v) is 0.830. The second-order valence-electron chi connectivity index (χ2n) is 1.93. The molecule has 0 aliphatic rings. The SMILES string of the molecule is NCc1nc(N)nc(N)c1Cl. The number of hydrogen-bond donors (Lipinski definition) is 3. The molecule has 0 radical (unpaired) electrons. The molecule has 6 N–H and O–H groups in total. The lowest BCUT2D eigenvalue weighted by Gasteiger charge is -2.02. The molecule has 1 aromatic rings. The first-order valence-electron chi connectivity index (χ1n) is 2.92. The van der Waals surface area contributed by atoms with Gasteiger partial charge in [-0.25, -0.2) is 4.98 Å². The van der Waals surface area contributed by atoms with Crippen LogP contribution in [0.3, 0.4) is 0 Å². The van der Waals surface area contributed by atoms with Crippen LogP contribution in [0.1, 0.15) is 5.69 Å². The molecular formula is C5H8ClN5. The summed E-state index contributed by atoms with van der Waals surface area (Å²) in [6, 6.07) is 0. The molecule has 0 aliphatic carbocycles. The van der Waals surface area contributed by atoms with Crippen molar-refractivity contribution in [1.29, 1.82) is 0 Å². The number of nitrogen functional groups attached to an aromatic ring is 2. The average molecular weight is 174 g/mol. The minimum atomic E-state index is 0.0901. The van der Waals surface area contributed by atoms with E-state index in [-0.39, 0.29) is 23.3 Å². The first kappa shape index (κ1) is 8.03. The smallest absolute Gasteiger partial charge is 0.222 e. The van der Waals surface area contributed by atoms with Gasteiger partial charge in [-0.15, -0.1) is 0 Å². The Balaban J connectivity index is 3.24. The molecule has 1 heterocycles. The molecule has 0 saturated heterocycles. The quantitative estimate of drug-likeness (QED) is 0.544. The van der Waals surface area contributed by atoms with E-state index in [9.17, 15) is 0 Å². The Bertz CT molecular complexity index is 274. The van der Waals surface area contributed by atoms with Gasteiger partial charge in [0.05, 0.1) is 5.69 Å². The molecule has 11 heavy (non-hydrogen) atoms. The van der Waals surface area contributed by atoms with Gasteiger partial charge in [-0.05, 0) is 0 Å². The summed E-state index contributed by atoms with van der Waals surface area (Å²) in [7, 11) is 0. The predicted molar refractivity (Wildman–Crippen MR) is 43.8 cm³/mol. The number of aromatic nitrogens is 2. The van der Waals surface area contributed by atoms with E-state index >= 15 is 0 Å². The highest BCUT2D eigenvalue weighted by Gasteiger charge is 2.06. The van der Waals surface area contributed by atoms with Gasteiger partial charge in [0.1, 0.15) is 10.8 Å². The van der Waals surface area contributed by atoms with Crippen LogP contribution in [-0.4, -0.2) is 9.97 Å². The van der Waals surface area contributed by atoms with E-state index in [4.69, 9.17) is 28.8 Å². The minimum absolute atomic E-state index is 0.0901. The maximum absolute atomic E-state index is 5.68. The van der Waals surface area contributed by atoms with E-state index in [1.807, 2.05) is 0 Å². The van der Waals surface area contributed by atoms with Crippen LogP contribution in [0, 0.1) is 0 Å². The monoisotopic (exact) mass is 173 g/mol. The molecule has 1 aromatic heterocycles. The zero-order valence-corrected chi connectivity index (χ0v) is 6.47. The first-order chi connectivity index (χ1) is 5.15. The summed E-state index contributed by atoms with van der Waals surface area (Å²) in [4.78, 5) is 7.42. The number of hydrogen-bond acceptors (Lipinski definition) is 5. The summed E-state index contributed by atoms with van der Waals surface area (Å²) in [5.41, 5.74) is 16.4. The second kappa shape index (κ2) is 2.89. The molecule has 5 nitrogen and oxygen atoms in total. The molecule has 1 rings (SSSR count). The van der Waals surface area contributed by atoms with Crippen molar-refractivity contribution < 1.29 is 0 Å². The van der Waals surface area contributed by atoms with Crippen LogP contribution in [0.4, 0.5) is 11.8 Å². The van der Waals surface area contributed by atoms with Gasteiger partial charge in [0, 0.05) is 6.54 Å². The zero-order chi connectivity index (χ0) is 8.43. The van der Waals surface area contributed by atoms with Crippen LogP contribution in [0.2, 0.25) is 5.02 Å². The van der Waals surface area contributed by atoms with Gasteiger partial charge in [0.2, 0.25) is 5.95 Å². The van der Waals surface area contributed by atoms with Crippen molar-refractivity contribution in [3.8, 4) is 0 Å². The van der Waals surface area contributed by atoms with Crippen LogP contribution in [-0.2, 0) is 6.54 Å². The number of rotatable bonds is 1. The summed E-state index contributed by atoms with van der Waals surface area (Å²) in [5.74, 6) is 0.256. The van der Waals surface area contributed by atoms with E-state index in [1.165, 1.54) is 0 Å². The van der Waals surface area contributed by atoms with Gasteiger partial charge in [-0.1, -0.05) is 11.6 Å². The summed E-state index contributed by atoms with van der Waals surface area (Å²) in [5, 5.41) is 0.279.